The van der Waals surface area contributed by atoms with Crippen molar-refractivity contribution in [2.75, 3.05) is 11.6 Å². The Balaban J connectivity index is 2.10. The van der Waals surface area contributed by atoms with Gasteiger partial charge in [-0.05, 0) is 51.9 Å². The van der Waals surface area contributed by atoms with E-state index in [0.717, 1.165) is 22.3 Å². The molecule has 102 valence electrons. The highest BCUT2D eigenvalue weighted by Crippen LogP contribution is 2.29. The lowest BCUT2D eigenvalue weighted by Gasteiger charge is -2.29. The lowest BCUT2D eigenvalue weighted by molar-refractivity contribution is 0.473. The Morgan fingerprint density at radius 3 is 2.58 bits per heavy atom. The minimum Gasteiger partial charge on any atom is -0.381 e. The van der Waals surface area contributed by atoms with Gasteiger partial charge in [-0.15, -0.1) is 0 Å². The van der Waals surface area contributed by atoms with Crippen molar-refractivity contribution in [1.29, 1.82) is 5.26 Å². The van der Waals surface area contributed by atoms with Crippen LogP contribution in [0, 0.1) is 25.2 Å². The van der Waals surface area contributed by atoms with Crippen molar-refractivity contribution in [2.24, 2.45) is 0 Å². The maximum absolute atomic E-state index is 9.27. The average Bonchev–Trinajstić information content (AvgIpc) is 2.39. The van der Waals surface area contributed by atoms with Crippen molar-refractivity contribution < 1.29 is 0 Å². The third-order valence-corrected chi connectivity index (χ3v) is 4.95. The van der Waals surface area contributed by atoms with E-state index in [0.29, 0.717) is 11.6 Å². The monoisotopic (exact) mass is 275 g/mol. The highest BCUT2D eigenvalue weighted by Gasteiger charge is 2.21. The molecule has 1 aromatic heterocycles. The molecule has 1 N–H and O–H groups in total. The quantitative estimate of drug-likeness (QED) is 0.914. The Labute approximate surface area is 119 Å². The highest BCUT2D eigenvalue weighted by molar-refractivity contribution is 7.99. The van der Waals surface area contributed by atoms with Gasteiger partial charge in [0.2, 0.25) is 0 Å². The second-order valence-corrected chi connectivity index (χ2v) is 6.38. The predicted octanol–water partition coefficient (Wildman–Crippen LogP) is 3.66. The summed E-state index contributed by atoms with van der Waals surface area (Å²) in [6.07, 6.45) is 7.11. The molecule has 0 aliphatic heterocycles. The number of anilines is 1. The summed E-state index contributed by atoms with van der Waals surface area (Å²) in [4.78, 5) is 4.36. The van der Waals surface area contributed by atoms with E-state index in [2.05, 4.69) is 22.6 Å². The first kappa shape index (κ1) is 14.2. The number of rotatable bonds is 3. The zero-order chi connectivity index (χ0) is 13.8. The topological polar surface area (TPSA) is 48.7 Å². The molecule has 0 amide bonds. The molecular formula is C15H21N3S. The Hall–Kier alpha value is -1.21. The number of pyridine rings is 1. The van der Waals surface area contributed by atoms with Crippen molar-refractivity contribution in [3.63, 3.8) is 0 Å². The van der Waals surface area contributed by atoms with Gasteiger partial charge in [-0.3, -0.25) is 4.98 Å². The van der Waals surface area contributed by atoms with Crippen LogP contribution in [0.3, 0.4) is 0 Å². The van der Waals surface area contributed by atoms with Crippen LogP contribution in [0.1, 0.15) is 42.6 Å². The zero-order valence-electron chi connectivity index (χ0n) is 11.9. The maximum atomic E-state index is 9.27. The summed E-state index contributed by atoms with van der Waals surface area (Å²) < 4.78 is 0. The SMILES string of the molecule is CSC1CCC(Nc2cc(C)nc(C)c2C#N)CC1. The Kier molecular flexibility index (Phi) is 4.71. The van der Waals surface area contributed by atoms with Crippen LogP contribution in [0.5, 0.6) is 0 Å². The Morgan fingerprint density at radius 1 is 1.32 bits per heavy atom. The van der Waals surface area contributed by atoms with E-state index < -0.39 is 0 Å². The zero-order valence-corrected chi connectivity index (χ0v) is 12.7. The van der Waals surface area contributed by atoms with Gasteiger partial charge in [0.1, 0.15) is 6.07 Å². The Bertz CT molecular complexity index is 485. The molecule has 4 heteroatoms. The van der Waals surface area contributed by atoms with Crippen LogP contribution < -0.4 is 5.32 Å². The second kappa shape index (κ2) is 6.29. The van der Waals surface area contributed by atoms with Crippen LogP contribution >= 0.6 is 11.8 Å². The largest absolute Gasteiger partial charge is 0.381 e. The first-order valence-corrected chi connectivity index (χ1v) is 8.10. The lowest BCUT2D eigenvalue weighted by Crippen LogP contribution is -2.27. The summed E-state index contributed by atoms with van der Waals surface area (Å²) in [5.74, 6) is 0. The predicted molar refractivity (Wildman–Crippen MR) is 81.6 cm³/mol. The third-order valence-electron chi connectivity index (χ3n) is 3.81. The van der Waals surface area contributed by atoms with E-state index in [-0.39, 0.29) is 0 Å². The van der Waals surface area contributed by atoms with Gasteiger partial charge in [0.15, 0.2) is 0 Å². The molecule has 0 spiro atoms. The van der Waals surface area contributed by atoms with E-state index >= 15 is 0 Å². The number of aryl methyl sites for hydroxylation is 2. The minimum absolute atomic E-state index is 0.497. The molecule has 1 aromatic rings. The van der Waals surface area contributed by atoms with Crippen molar-refractivity contribution in [3.05, 3.63) is 23.0 Å². The minimum atomic E-state index is 0.497. The summed E-state index contributed by atoms with van der Waals surface area (Å²) in [5, 5.41) is 13.6. The molecule has 1 fully saturated rings. The first-order valence-electron chi connectivity index (χ1n) is 6.81. The maximum Gasteiger partial charge on any atom is 0.103 e. The standard InChI is InChI=1S/C15H21N3S/c1-10-8-15(14(9-16)11(2)17-10)18-12-4-6-13(19-3)7-5-12/h8,12-13H,4-7H2,1-3H3,(H,17,18). The van der Waals surface area contributed by atoms with Gasteiger partial charge in [0.05, 0.1) is 16.9 Å². The molecule has 0 atom stereocenters. The second-order valence-electron chi connectivity index (χ2n) is 5.24. The molecule has 1 aliphatic rings. The fourth-order valence-electron chi connectivity index (χ4n) is 2.75. The van der Waals surface area contributed by atoms with Crippen LogP contribution in [0.25, 0.3) is 0 Å². The number of nitriles is 1. The Morgan fingerprint density at radius 2 is 2.00 bits per heavy atom. The summed E-state index contributed by atoms with van der Waals surface area (Å²) in [6, 6.07) is 4.76. The molecule has 0 saturated heterocycles. The molecule has 19 heavy (non-hydrogen) atoms. The normalized spacial score (nSPS) is 22.8. The van der Waals surface area contributed by atoms with Crippen LogP contribution in [0.4, 0.5) is 5.69 Å². The van der Waals surface area contributed by atoms with E-state index in [9.17, 15) is 5.26 Å². The molecule has 1 heterocycles. The van der Waals surface area contributed by atoms with Gasteiger partial charge in [0, 0.05) is 17.0 Å². The van der Waals surface area contributed by atoms with E-state index in [1.807, 2.05) is 31.7 Å². The van der Waals surface area contributed by atoms with Crippen molar-refractivity contribution >= 4 is 17.4 Å². The van der Waals surface area contributed by atoms with Crippen LogP contribution in [0.15, 0.2) is 6.07 Å². The van der Waals surface area contributed by atoms with E-state index in [1.54, 1.807) is 0 Å². The summed E-state index contributed by atoms with van der Waals surface area (Å²) in [6.45, 7) is 3.88. The molecule has 3 nitrogen and oxygen atoms in total. The van der Waals surface area contributed by atoms with Crippen LogP contribution in [-0.2, 0) is 0 Å². The van der Waals surface area contributed by atoms with Crippen LogP contribution in [0.2, 0.25) is 0 Å². The van der Waals surface area contributed by atoms with Gasteiger partial charge in [-0.1, -0.05) is 0 Å². The molecule has 0 aromatic carbocycles. The smallest absolute Gasteiger partial charge is 0.103 e. The summed E-state index contributed by atoms with van der Waals surface area (Å²) in [5.41, 5.74) is 3.44. The fraction of sp³-hybridized carbons (Fsp3) is 0.600. The number of hydrogen-bond acceptors (Lipinski definition) is 4. The molecular weight excluding hydrogens is 254 g/mol. The average molecular weight is 275 g/mol. The van der Waals surface area contributed by atoms with Gasteiger partial charge in [-0.25, -0.2) is 0 Å². The molecule has 0 radical (unpaired) electrons. The third kappa shape index (κ3) is 3.42. The van der Waals surface area contributed by atoms with Gasteiger partial charge >= 0.3 is 0 Å². The van der Waals surface area contributed by atoms with Crippen LogP contribution in [-0.4, -0.2) is 22.5 Å². The number of nitrogens with one attached hydrogen (secondary N) is 1. The molecule has 2 rings (SSSR count). The van der Waals surface area contributed by atoms with Gasteiger partial charge in [0.25, 0.3) is 0 Å². The number of thioether (sulfide) groups is 1. The number of hydrogen-bond donors (Lipinski definition) is 1. The lowest BCUT2D eigenvalue weighted by atomic mass is 9.94. The van der Waals surface area contributed by atoms with Gasteiger partial charge in [-0.2, -0.15) is 17.0 Å². The van der Waals surface area contributed by atoms with E-state index in [1.165, 1.54) is 25.7 Å². The molecule has 1 saturated carbocycles. The fourth-order valence-corrected chi connectivity index (χ4v) is 3.49. The summed E-state index contributed by atoms with van der Waals surface area (Å²) in [7, 11) is 0. The van der Waals surface area contributed by atoms with Gasteiger partial charge < -0.3 is 5.32 Å². The molecule has 1 aliphatic carbocycles. The molecule has 0 bridgehead atoms. The highest BCUT2D eigenvalue weighted by atomic mass is 32.2. The van der Waals surface area contributed by atoms with Crippen molar-refractivity contribution in [3.8, 4) is 6.07 Å². The van der Waals surface area contributed by atoms with Crippen molar-refractivity contribution in [1.82, 2.24) is 4.98 Å². The molecule has 0 unspecified atom stereocenters. The first-order chi connectivity index (χ1) is 9.13. The number of aromatic nitrogens is 1. The summed E-state index contributed by atoms with van der Waals surface area (Å²) >= 11 is 1.98. The van der Waals surface area contributed by atoms with E-state index in [4.69, 9.17) is 0 Å². The van der Waals surface area contributed by atoms with Crippen molar-refractivity contribution in [2.45, 2.75) is 50.8 Å². The number of nitrogens with zero attached hydrogens (tertiary/aromatic N) is 2.